The Balaban J connectivity index is 3.75. The molecular formula is C8H18ClNO3. The summed E-state index contributed by atoms with van der Waals surface area (Å²) in [5.74, 6) is 0.535. The van der Waals surface area contributed by atoms with Crippen LogP contribution in [-0.4, -0.2) is 60.1 Å². The van der Waals surface area contributed by atoms with Crippen molar-refractivity contribution in [1.29, 1.82) is 0 Å². The molecule has 1 unspecified atom stereocenters. The third-order valence-electron chi connectivity index (χ3n) is 1.85. The van der Waals surface area contributed by atoms with Crippen molar-refractivity contribution >= 4 is 11.6 Å². The van der Waals surface area contributed by atoms with E-state index in [0.29, 0.717) is 12.4 Å². The second-order valence-corrected chi connectivity index (χ2v) is 3.27. The van der Waals surface area contributed by atoms with E-state index in [0.717, 1.165) is 0 Å². The fourth-order valence-electron chi connectivity index (χ4n) is 0.841. The van der Waals surface area contributed by atoms with E-state index in [-0.39, 0.29) is 19.4 Å². The number of alkyl halides is 1. The highest BCUT2D eigenvalue weighted by Crippen LogP contribution is 2.02. The molecule has 0 aliphatic carbocycles. The second kappa shape index (κ2) is 7.53. The molecule has 0 spiro atoms. The first-order valence-electron chi connectivity index (χ1n) is 4.29. The van der Waals surface area contributed by atoms with Crippen LogP contribution in [0.15, 0.2) is 0 Å². The summed E-state index contributed by atoms with van der Waals surface area (Å²) in [7, 11) is 1.87. The minimum Gasteiger partial charge on any atom is -0.394 e. The normalized spacial score (nSPS) is 14.1. The smallest absolute Gasteiger partial charge is 0.108 e. The number of hydrogen-bond donors (Lipinski definition) is 2. The van der Waals surface area contributed by atoms with Crippen LogP contribution in [-0.2, 0) is 4.74 Å². The van der Waals surface area contributed by atoms with Gasteiger partial charge in [0.15, 0.2) is 0 Å². The van der Waals surface area contributed by atoms with Gasteiger partial charge in [0.25, 0.3) is 0 Å². The molecule has 2 N–H and O–H groups in total. The summed E-state index contributed by atoms with van der Waals surface area (Å²) in [5.41, 5.74) is 0. The lowest BCUT2D eigenvalue weighted by Gasteiger charge is -2.27. The molecule has 0 amide bonds. The molecule has 80 valence electrons. The molecule has 13 heavy (non-hydrogen) atoms. The second-order valence-electron chi connectivity index (χ2n) is 2.89. The van der Waals surface area contributed by atoms with Crippen LogP contribution in [0.5, 0.6) is 0 Å². The summed E-state index contributed by atoms with van der Waals surface area (Å²) < 4.78 is 5.33. The van der Waals surface area contributed by atoms with E-state index in [4.69, 9.17) is 26.6 Å². The van der Waals surface area contributed by atoms with Crippen molar-refractivity contribution < 1.29 is 14.9 Å². The van der Waals surface area contributed by atoms with Gasteiger partial charge >= 0.3 is 0 Å². The molecule has 0 aromatic carbocycles. The first kappa shape index (κ1) is 13.1. The van der Waals surface area contributed by atoms with Gasteiger partial charge in [0.2, 0.25) is 0 Å². The Morgan fingerprint density at radius 2 is 1.92 bits per heavy atom. The fourth-order valence-corrected chi connectivity index (χ4v) is 1.11. The van der Waals surface area contributed by atoms with Gasteiger partial charge in [0.05, 0.1) is 13.2 Å². The van der Waals surface area contributed by atoms with Crippen LogP contribution < -0.4 is 0 Å². The predicted octanol–water partition coefficient (Wildman–Crippen LogP) is -0.127. The van der Waals surface area contributed by atoms with Gasteiger partial charge in [-0.1, -0.05) is 0 Å². The van der Waals surface area contributed by atoms with Crippen molar-refractivity contribution in [3.63, 3.8) is 0 Å². The highest BCUT2D eigenvalue weighted by atomic mass is 35.5. The third-order valence-corrected chi connectivity index (χ3v) is 2.02. The SMILES string of the molecule is CC(OC(CO)CO)N(C)CCCl. The standard InChI is InChI=1S/C8H18ClNO3/c1-7(10(2)4-3-9)13-8(5-11)6-12/h7-8,11-12H,3-6H2,1-2H3. The number of ether oxygens (including phenoxy) is 1. The number of hydrogen-bond acceptors (Lipinski definition) is 4. The topological polar surface area (TPSA) is 52.9 Å². The number of halogens is 1. The number of nitrogens with zero attached hydrogens (tertiary/aromatic N) is 1. The molecule has 0 heterocycles. The van der Waals surface area contributed by atoms with E-state index in [1.807, 2.05) is 18.9 Å². The molecule has 0 radical (unpaired) electrons. The summed E-state index contributed by atoms with van der Waals surface area (Å²) in [6, 6.07) is 0. The Hall–Kier alpha value is 0.130. The van der Waals surface area contributed by atoms with Crippen molar-refractivity contribution in [1.82, 2.24) is 4.90 Å². The zero-order valence-electron chi connectivity index (χ0n) is 8.11. The molecule has 0 saturated carbocycles. The summed E-state index contributed by atoms with van der Waals surface area (Å²) in [4.78, 5) is 1.91. The largest absolute Gasteiger partial charge is 0.394 e. The average Bonchev–Trinajstić information content (AvgIpc) is 2.14. The van der Waals surface area contributed by atoms with Gasteiger partial charge in [-0.05, 0) is 14.0 Å². The summed E-state index contributed by atoms with van der Waals surface area (Å²) in [5, 5.41) is 17.5. The lowest BCUT2D eigenvalue weighted by atomic mass is 10.4. The molecule has 4 nitrogen and oxygen atoms in total. The van der Waals surface area contributed by atoms with Crippen LogP contribution in [0.1, 0.15) is 6.92 Å². The molecule has 5 heteroatoms. The van der Waals surface area contributed by atoms with E-state index >= 15 is 0 Å². The predicted molar refractivity (Wildman–Crippen MR) is 51.9 cm³/mol. The molecule has 0 bridgehead atoms. The Bertz CT molecular complexity index is 122. The van der Waals surface area contributed by atoms with Crippen molar-refractivity contribution in [2.24, 2.45) is 0 Å². The zero-order chi connectivity index (χ0) is 10.3. The van der Waals surface area contributed by atoms with Gasteiger partial charge in [-0.2, -0.15) is 0 Å². The molecule has 0 aromatic heterocycles. The van der Waals surface area contributed by atoms with E-state index in [2.05, 4.69) is 0 Å². The monoisotopic (exact) mass is 211 g/mol. The lowest BCUT2D eigenvalue weighted by molar-refractivity contribution is -0.109. The molecule has 0 aliphatic heterocycles. The minimum absolute atomic E-state index is 0.150. The zero-order valence-corrected chi connectivity index (χ0v) is 8.87. The van der Waals surface area contributed by atoms with Gasteiger partial charge in [-0.25, -0.2) is 0 Å². The number of aliphatic hydroxyl groups is 2. The summed E-state index contributed by atoms with van der Waals surface area (Å²) in [6.45, 7) is 2.22. The Morgan fingerprint density at radius 1 is 1.38 bits per heavy atom. The lowest BCUT2D eigenvalue weighted by Crippen LogP contribution is -2.38. The quantitative estimate of drug-likeness (QED) is 0.455. The maximum absolute atomic E-state index is 8.76. The highest BCUT2D eigenvalue weighted by Gasteiger charge is 2.14. The van der Waals surface area contributed by atoms with Crippen LogP contribution in [0.4, 0.5) is 0 Å². The third kappa shape index (κ3) is 5.44. The van der Waals surface area contributed by atoms with Crippen molar-refractivity contribution in [3.8, 4) is 0 Å². The molecule has 0 aliphatic rings. The van der Waals surface area contributed by atoms with E-state index < -0.39 is 6.10 Å². The maximum atomic E-state index is 8.76. The molecule has 0 saturated heterocycles. The summed E-state index contributed by atoms with van der Waals surface area (Å²) in [6.07, 6.45) is -0.657. The van der Waals surface area contributed by atoms with E-state index in [1.54, 1.807) is 0 Å². The van der Waals surface area contributed by atoms with Crippen LogP contribution in [0.3, 0.4) is 0 Å². The van der Waals surface area contributed by atoms with Crippen molar-refractivity contribution in [3.05, 3.63) is 0 Å². The Morgan fingerprint density at radius 3 is 2.31 bits per heavy atom. The number of aliphatic hydroxyl groups excluding tert-OH is 2. The first-order valence-corrected chi connectivity index (χ1v) is 4.82. The van der Waals surface area contributed by atoms with Gasteiger partial charge in [0.1, 0.15) is 12.3 Å². The summed E-state index contributed by atoms with van der Waals surface area (Å²) >= 11 is 5.55. The maximum Gasteiger partial charge on any atom is 0.108 e. The Kier molecular flexibility index (Phi) is 7.60. The van der Waals surface area contributed by atoms with Gasteiger partial charge in [0, 0.05) is 12.4 Å². The Labute approximate surface area is 84.1 Å². The molecule has 0 rings (SSSR count). The average molecular weight is 212 g/mol. The van der Waals surface area contributed by atoms with Crippen molar-refractivity contribution in [2.75, 3.05) is 32.7 Å². The van der Waals surface area contributed by atoms with Crippen LogP contribution in [0, 0.1) is 0 Å². The van der Waals surface area contributed by atoms with Crippen LogP contribution in [0.2, 0.25) is 0 Å². The van der Waals surface area contributed by atoms with Gasteiger partial charge < -0.3 is 14.9 Å². The molecular weight excluding hydrogens is 194 g/mol. The fraction of sp³-hybridized carbons (Fsp3) is 1.00. The van der Waals surface area contributed by atoms with Crippen LogP contribution in [0.25, 0.3) is 0 Å². The van der Waals surface area contributed by atoms with E-state index in [1.165, 1.54) is 0 Å². The van der Waals surface area contributed by atoms with Gasteiger partial charge in [-0.15, -0.1) is 11.6 Å². The minimum atomic E-state index is -0.507. The molecule has 0 aromatic rings. The molecule has 1 atom stereocenters. The van der Waals surface area contributed by atoms with Gasteiger partial charge in [-0.3, -0.25) is 4.90 Å². The van der Waals surface area contributed by atoms with Crippen LogP contribution >= 0.6 is 11.6 Å². The highest BCUT2D eigenvalue weighted by molar-refractivity contribution is 6.18. The molecule has 0 fully saturated rings. The van der Waals surface area contributed by atoms with E-state index in [9.17, 15) is 0 Å². The first-order chi connectivity index (χ1) is 6.15. The van der Waals surface area contributed by atoms with Crippen molar-refractivity contribution in [2.45, 2.75) is 19.3 Å². The number of rotatable bonds is 7.